The summed E-state index contributed by atoms with van der Waals surface area (Å²) in [4.78, 5) is 13.5. The van der Waals surface area contributed by atoms with Gasteiger partial charge in [0.15, 0.2) is 0 Å². The zero-order valence-electron chi connectivity index (χ0n) is 17.2. The molecule has 0 aromatic heterocycles. The fourth-order valence-electron chi connectivity index (χ4n) is 4.64. The molecule has 3 aliphatic heterocycles. The third-order valence-electron chi connectivity index (χ3n) is 6.35. The van der Waals surface area contributed by atoms with Crippen LogP contribution in [0.4, 0.5) is 11.4 Å². The number of morpholine rings is 1. The van der Waals surface area contributed by atoms with Crippen LogP contribution in [0.15, 0.2) is 23.1 Å². The van der Waals surface area contributed by atoms with Crippen molar-refractivity contribution in [3.05, 3.63) is 28.3 Å². The van der Waals surface area contributed by atoms with Gasteiger partial charge in [-0.25, -0.2) is 8.42 Å². The number of nitro benzene ring substituents is 1. The number of ether oxygens (including phenoxy) is 1. The fourth-order valence-corrected chi connectivity index (χ4v) is 6.17. The van der Waals surface area contributed by atoms with E-state index in [0.717, 1.165) is 38.8 Å². The van der Waals surface area contributed by atoms with Crippen LogP contribution < -0.4 is 5.32 Å². The van der Waals surface area contributed by atoms with Crippen LogP contribution in [-0.4, -0.2) is 74.0 Å². The maximum atomic E-state index is 13.0. The van der Waals surface area contributed by atoms with Crippen molar-refractivity contribution in [2.75, 3.05) is 44.6 Å². The number of sulfonamides is 1. The zero-order chi connectivity index (χ0) is 21.1. The summed E-state index contributed by atoms with van der Waals surface area (Å²) in [5.74, 6) is 0. The Morgan fingerprint density at radius 1 is 1.13 bits per heavy atom. The highest BCUT2D eigenvalue weighted by Gasteiger charge is 2.33. The maximum Gasteiger partial charge on any atom is 0.293 e. The van der Waals surface area contributed by atoms with Gasteiger partial charge >= 0.3 is 0 Å². The molecule has 0 radical (unpaired) electrons. The van der Waals surface area contributed by atoms with Gasteiger partial charge in [0.1, 0.15) is 5.69 Å². The van der Waals surface area contributed by atoms with Crippen LogP contribution in [-0.2, 0) is 14.8 Å². The molecule has 2 atom stereocenters. The van der Waals surface area contributed by atoms with E-state index in [2.05, 4.69) is 10.2 Å². The van der Waals surface area contributed by atoms with Crippen LogP contribution in [0.5, 0.6) is 0 Å². The smallest absolute Gasteiger partial charge is 0.293 e. The van der Waals surface area contributed by atoms with Gasteiger partial charge in [-0.15, -0.1) is 0 Å². The average molecular weight is 439 g/mol. The van der Waals surface area contributed by atoms with E-state index in [1.165, 1.54) is 35.3 Å². The molecule has 10 heteroatoms. The Labute approximate surface area is 177 Å². The summed E-state index contributed by atoms with van der Waals surface area (Å²) in [7, 11) is -3.73. The summed E-state index contributed by atoms with van der Waals surface area (Å²) in [5.41, 5.74) is 0.0997. The Kier molecular flexibility index (Phi) is 6.57. The Balaban J connectivity index is 1.47. The van der Waals surface area contributed by atoms with E-state index in [4.69, 9.17) is 4.74 Å². The number of fused-ring (bicyclic) bond motifs is 1. The van der Waals surface area contributed by atoms with E-state index in [-0.39, 0.29) is 16.7 Å². The number of nitro groups is 1. The Bertz CT molecular complexity index is 870. The number of hydrogen-bond donors (Lipinski definition) is 1. The first-order valence-electron chi connectivity index (χ1n) is 10.8. The number of nitrogens with one attached hydrogen (secondary N) is 1. The molecule has 3 fully saturated rings. The van der Waals surface area contributed by atoms with Crippen molar-refractivity contribution in [2.45, 2.75) is 55.6 Å². The quantitative estimate of drug-likeness (QED) is 0.537. The van der Waals surface area contributed by atoms with Crippen LogP contribution in [0.25, 0.3) is 0 Å². The van der Waals surface area contributed by atoms with Crippen LogP contribution in [0.3, 0.4) is 0 Å². The average Bonchev–Trinajstić information content (AvgIpc) is 3.02. The van der Waals surface area contributed by atoms with Gasteiger partial charge in [0.25, 0.3) is 5.69 Å². The Morgan fingerprint density at radius 3 is 2.63 bits per heavy atom. The molecule has 3 aliphatic rings. The maximum absolute atomic E-state index is 13.0. The molecule has 3 saturated heterocycles. The van der Waals surface area contributed by atoms with Crippen molar-refractivity contribution >= 4 is 21.4 Å². The molecule has 0 bridgehead atoms. The number of anilines is 1. The molecule has 2 unspecified atom stereocenters. The molecular formula is C20H30N4O5S. The molecule has 30 heavy (non-hydrogen) atoms. The number of benzene rings is 1. The minimum atomic E-state index is -3.73. The van der Waals surface area contributed by atoms with Crippen molar-refractivity contribution in [1.29, 1.82) is 0 Å². The minimum absolute atomic E-state index is 0.0181. The SMILES string of the molecule is O=[N+]([O-])c1cc(S(=O)(=O)N2CCCCCC2)ccc1NCC1CN2CCCC2CO1. The Morgan fingerprint density at radius 2 is 1.90 bits per heavy atom. The van der Waals surface area contributed by atoms with Crippen molar-refractivity contribution in [1.82, 2.24) is 9.21 Å². The molecular weight excluding hydrogens is 408 g/mol. The lowest BCUT2D eigenvalue weighted by atomic mass is 10.2. The van der Waals surface area contributed by atoms with Crippen LogP contribution in [0, 0.1) is 10.1 Å². The van der Waals surface area contributed by atoms with E-state index >= 15 is 0 Å². The monoisotopic (exact) mass is 438 g/mol. The van der Waals surface area contributed by atoms with Gasteiger partial charge in [0.05, 0.1) is 22.5 Å². The second-order valence-corrected chi connectivity index (χ2v) is 10.3. The molecule has 166 valence electrons. The summed E-state index contributed by atoms with van der Waals surface area (Å²) >= 11 is 0. The number of nitrogens with zero attached hydrogens (tertiary/aromatic N) is 3. The van der Waals surface area contributed by atoms with Gasteiger partial charge in [-0.1, -0.05) is 12.8 Å². The zero-order valence-corrected chi connectivity index (χ0v) is 18.0. The predicted octanol–water partition coefficient (Wildman–Crippen LogP) is 2.43. The van der Waals surface area contributed by atoms with Crippen molar-refractivity contribution in [2.24, 2.45) is 0 Å². The lowest BCUT2D eigenvalue weighted by Crippen LogP contribution is -2.48. The second kappa shape index (κ2) is 9.17. The molecule has 1 N–H and O–H groups in total. The first kappa shape index (κ1) is 21.5. The molecule has 0 aliphatic carbocycles. The Hall–Kier alpha value is -1.75. The largest absolute Gasteiger partial charge is 0.377 e. The summed E-state index contributed by atoms with van der Waals surface area (Å²) in [6, 6.07) is 4.65. The van der Waals surface area contributed by atoms with Gasteiger partial charge in [0, 0.05) is 38.3 Å². The van der Waals surface area contributed by atoms with Crippen LogP contribution in [0.1, 0.15) is 38.5 Å². The third kappa shape index (κ3) is 4.61. The van der Waals surface area contributed by atoms with Crippen LogP contribution in [0.2, 0.25) is 0 Å². The van der Waals surface area contributed by atoms with Gasteiger partial charge in [0.2, 0.25) is 10.0 Å². The first-order valence-corrected chi connectivity index (χ1v) is 12.3. The van der Waals surface area contributed by atoms with Gasteiger partial charge in [-0.2, -0.15) is 4.31 Å². The number of rotatable bonds is 6. The highest BCUT2D eigenvalue weighted by Crippen LogP contribution is 2.30. The normalized spacial score (nSPS) is 26.1. The highest BCUT2D eigenvalue weighted by atomic mass is 32.2. The van der Waals surface area contributed by atoms with Gasteiger partial charge < -0.3 is 10.1 Å². The van der Waals surface area contributed by atoms with E-state index in [1.54, 1.807) is 0 Å². The number of hydrogen-bond acceptors (Lipinski definition) is 7. The molecule has 9 nitrogen and oxygen atoms in total. The first-order chi connectivity index (χ1) is 14.4. The standard InChI is InChI=1S/C20H30N4O5S/c25-24(26)20-12-18(30(27,28)23-10-3-1-2-4-11-23)7-8-19(20)21-13-17-14-22-9-5-6-16(22)15-29-17/h7-8,12,16-17,21H,1-6,9-11,13-15H2. The highest BCUT2D eigenvalue weighted by molar-refractivity contribution is 7.89. The van der Waals surface area contributed by atoms with E-state index in [9.17, 15) is 18.5 Å². The second-order valence-electron chi connectivity index (χ2n) is 8.38. The molecule has 1 aromatic rings. The summed E-state index contributed by atoms with van der Waals surface area (Å²) in [6.07, 6.45) is 5.97. The minimum Gasteiger partial charge on any atom is -0.377 e. The molecule has 0 saturated carbocycles. The van der Waals surface area contributed by atoms with Gasteiger partial charge in [-0.05, 0) is 44.4 Å². The molecule has 3 heterocycles. The van der Waals surface area contributed by atoms with Gasteiger partial charge in [-0.3, -0.25) is 15.0 Å². The molecule has 4 rings (SSSR count). The lowest BCUT2D eigenvalue weighted by Gasteiger charge is -2.35. The molecule has 0 spiro atoms. The predicted molar refractivity (Wildman–Crippen MR) is 113 cm³/mol. The van der Waals surface area contributed by atoms with E-state index in [0.29, 0.717) is 38.0 Å². The summed E-state index contributed by atoms with van der Waals surface area (Å²) in [6.45, 7) is 3.96. The van der Waals surface area contributed by atoms with Crippen molar-refractivity contribution in [3.8, 4) is 0 Å². The lowest BCUT2D eigenvalue weighted by molar-refractivity contribution is -0.384. The molecule has 0 amide bonds. The van der Waals surface area contributed by atoms with Crippen molar-refractivity contribution < 1.29 is 18.1 Å². The van der Waals surface area contributed by atoms with E-state index in [1.807, 2.05) is 0 Å². The summed E-state index contributed by atoms with van der Waals surface area (Å²) < 4.78 is 33.3. The topological polar surface area (TPSA) is 105 Å². The van der Waals surface area contributed by atoms with Crippen molar-refractivity contribution in [3.63, 3.8) is 0 Å². The van der Waals surface area contributed by atoms with Crippen LogP contribution >= 0.6 is 0 Å². The van der Waals surface area contributed by atoms with E-state index < -0.39 is 14.9 Å². The third-order valence-corrected chi connectivity index (χ3v) is 8.25. The molecule has 1 aromatic carbocycles. The fraction of sp³-hybridized carbons (Fsp3) is 0.700. The summed E-state index contributed by atoms with van der Waals surface area (Å²) in [5, 5.41) is 14.8.